The number of carbonyl (C=O) groups excluding carboxylic acids is 2. The number of para-hydroxylation sites is 1. The normalized spacial score (nSPS) is 18.9. The number of nitrogens with zero attached hydrogens (tertiary/aromatic N) is 2. The number of hydrogen-bond donors (Lipinski definition) is 3. The van der Waals surface area contributed by atoms with Gasteiger partial charge in [-0.05, 0) is 42.9 Å². The molecule has 5 rings (SSSR count). The molecule has 0 radical (unpaired) electrons. The molecule has 0 bridgehead atoms. The van der Waals surface area contributed by atoms with E-state index in [1.807, 2.05) is 42.5 Å². The number of benzene rings is 2. The number of rotatable bonds is 4. The van der Waals surface area contributed by atoms with Crippen LogP contribution in [0.25, 0.3) is 0 Å². The summed E-state index contributed by atoms with van der Waals surface area (Å²) in [5.74, 6) is -0.199. The molecule has 0 saturated carbocycles. The number of ether oxygens (including phenoxy) is 1. The fourth-order valence-corrected chi connectivity index (χ4v) is 4.98. The molecule has 176 valence electrons. The van der Waals surface area contributed by atoms with Crippen molar-refractivity contribution in [1.82, 2.24) is 15.1 Å². The second-order valence-electron chi connectivity index (χ2n) is 8.68. The summed E-state index contributed by atoms with van der Waals surface area (Å²) in [6, 6.07) is 15.0. The molecule has 1 aliphatic heterocycles. The average Bonchev–Trinajstić information content (AvgIpc) is 3.19. The molecule has 0 saturated heterocycles. The number of nitrogen functional groups attached to an aromatic ring is 1. The van der Waals surface area contributed by atoms with Crippen LogP contribution < -0.4 is 16.4 Å². The molecule has 2 aliphatic rings. The largest absolute Gasteiger partial charge is 0.445 e. The summed E-state index contributed by atoms with van der Waals surface area (Å²) in [7, 11) is 0. The predicted octanol–water partition coefficient (Wildman–Crippen LogP) is 4.14. The number of fused-ring (bicyclic) bond motifs is 2. The number of carbonyl (C=O) groups is 2. The monoisotopic (exact) mass is 479 g/mol. The van der Waals surface area contributed by atoms with Gasteiger partial charge in [0.1, 0.15) is 12.4 Å². The summed E-state index contributed by atoms with van der Waals surface area (Å²) in [6.07, 6.45) is 1.99. The number of aromatic nitrogens is 2. The second kappa shape index (κ2) is 9.38. The van der Waals surface area contributed by atoms with Gasteiger partial charge in [0.05, 0.1) is 22.3 Å². The number of amides is 1. The molecule has 0 unspecified atom stereocenters. The number of anilines is 2. The van der Waals surface area contributed by atoms with Crippen LogP contribution in [0.4, 0.5) is 16.3 Å². The van der Waals surface area contributed by atoms with Crippen LogP contribution in [0, 0.1) is 0 Å². The molecular formula is C25H26ClN5O3. The van der Waals surface area contributed by atoms with Crippen molar-refractivity contribution in [3.63, 3.8) is 0 Å². The predicted molar refractivity (Wildman–Crippen MR) is 130 cm³/mol. The Morgan fingerprint density at radius 3 is 2.82 bits per heavy atom. The van der Waals surface area contributed by atoms with Crippen molar-refractivity contribution in [1.29, 1.82) is 0 Å². The molecule has 2 atom stereocenters. The number of alkyl carbamates (subject to hydrolysis) is 1. The number of hydrogen-bond acceptors (Lipinski definition) is 6. The zero-order chi connectivity index (χ0) is 23.7. The molecule has 1 amide bonds. The quantitative estimate of drug-likeness (QED) is 0.518. The van der Waals surface area contributed by atoms with Crippen molar-refractivity contribution in [2.45, 2.75) is 44.2 Å². The summed E-state index contributed by atoms with van der Waals surface area (Å²) < 4.78 is 6.68. The molecule has 0 fully saturated rings. The van der Waals surface area contributed by atoms with Crippen molar-refractivity contribution in [2.75, 3.05) is 17.6 Å². The Bertz CT molecular complexity index is 1230. The lowest BCUT2D eigenvalue weighted by Gasteiger charge is -2.26. The molecule has 3 aromatic rings. The van der Waals surface area contributed by atoms with Gasteiger partial charge in [0.2, 0.25) is 0 Å². The Kier molecular flexibility index (Phi) is 6.15. The minimum atomic E-state index is -0.470. The highest BCUT2D eigenvalue weighted by atomic mass is 35.5. The minimum absolute atomic E-state index is 0.135. The maximum atomic E-state index is 13.5. The summed E-state index contributed by atoms with van der Waals surface area (Å²) in [5, 5.41) is 11.3. The van der Waals surface area contributed by atoms with Gasteiger partial charge in [0, 0.05) is 18.2 Å². The maximum Gasteiger partial charge on any atom is 0.407 e. The maximum absolute atomic E-state index is 13.5. The lowest BCUT2D eigenvalue weighted by molar-refractivity contribution is 0.0859. The fourth-order valence-electron chi connectivity index (χ4n) is 4.73. The van der Waals surface area contributed by atoms with Gasteiger partial charge in [-0.15, -0.1) is 0 Å². The smallest absolute Gasteiger partial charge is 0.407 e. The van der Waals surface area contributed by atoms with E-state index in [9.17, 15) is 9.59 Å². The summed E-state index contributed by atoms with van der Waals surface area (Å²) >= 11 is 6.32. The molecular weight excluding hydrogens is 454 g/mol. The van der Waals surface area contributed by atoms with Gasteiger partial charge in [-0.2, -0.15) is 9.78 Å². The Labute approximate surface area is 202 Å². The van der Waals surface area contributed by atoms with Gasteiger partial charge < -0.3 is 21.1 Å². The van der Waals surface area contributed by atoms with Crippen LogP contribution >= 0.6 is 11.6 Å². The van der Waals surface area contributed by atoms with Gasteiger partial charge in [-0.3, -0.25) is 4.79 Å². The number of aryl methyl sites for hydroxylation is 1. The Balaban J connectivity index is 1.27. The van der Waals surface area contributed by atoms with E-state index in [0.29, 0.717) is 43.1 Å². The van der Waals surface area contributed by atoms with Gasteiger partial charge >= 0.3 is 6.09 Å². The first-order valence-electron chi connectivity index (χ1n) is 11.4. The topological polar surface area (TPSA) is 111 Å². The second-order valence-corrected chi connectivity index (χ2v) is 9.09. The van der Waals surface area contributed by atoms with Crippen LogP contribution in [-0.2, 0) is 24.2 Å². The molecule has 2 aromatic carbocycles. The SMILES string of the molecule is Nc1c2c(nn1C(=O)[C@@H]1CCNc3c(Cl)cccc31)CC[C@H](NC(=O)OCc1ccccc1)C2. The molecule has 8 nitrogen and oxygen atoms in total. The first kappa shape index (κ1) is 22.3. The van der Waals surface area contributed by atoms with Gasteiger partial charge in [0.25, 0.3) is 5.91 Å². The highest BCUT2D eigenvalue weighted by Crippen LogP contribution is 2.38. The standard InChI is InChI=1S/C25H26ClN5O3/c26-20-8-4-7-17-18(11-12-28-22(17)20)24(32)31-23(27)19-13-16(9-10-21(19)30-31)29-25(33)34-14-15-5-2-1-3-6-15/h1-8,16,18,28H,9-14,27H2,(H,29,33)/t16-,18+/m0/s1. The molecule has 9 heteroatoms. The van der Waals surface area contributed by atoms with E-state index in [1.54, 1.807) is 6.07 Å². The third kappa shape index (κ3) is 4.33. The van der Waals surface area contributed by atoms with Crippen molar-refractivity contribution < 1.29 is 14.3 Å². The number of nitrogens with one attached hydrogen (secondary N) is 2. The van der Waals surface area contributed by atoms with E-state index in [1.165, 1.54) is 4.68 Å². The first-order chi connectivity index (χ1) is 16.5. The van der Waals surface area contributed by atoms with E-state index in [0.717, 1.165) is 28.1 Å². The zero-order valence-electron chi connectivity index (χ0n) is 18.6. The molecule has 2 heterocycles. The fraction of sp³-hybridized carbons (Fsp3) is 0.320. The van der Waals surface area contributed by atoms with Gasteiger partial charge in [-0.1, -0.05) is 54.1 Å². The van der Waals surface area contributed by atoms with Crippen molar-refractivity contribution in [3.8, 4) is 0 Å². The Morgan fingerprint density at radius 1 is 1.18 bits per heavy atom. The van der Waals surface area contributed by atoms with Crippen LogP contribution in [-0.4, -0.2) is 34.4 Å². The zero-order valence-corrected chi connectivity index (χ0v) is 19.3. The van der Waals surface area contributed by atoms with Crippen molar-refractivity contribution in [2.24, 2.45) is 0 Å². The van der Waals surface area contributed by atoms with E-state index < -0.39 is 6.09 Å². The Morgan fingerprint density at radius 2 is 2.00 bits per heavy atom. The third-order valence-electron chi connectivity index (χ3n) is 6.48. The van der Waals surface area contributed by atoms with Crippen LogP contribution in [0.2, 0.25) is 5.02 Å². The van der Waals surface area contributed by atoms with Gasteiger partial charge in [0.15, 0.2) is 0 Å². The van der Waals surface area contributed by atoms with E-state index >= 15 is 0 Å². The highest BCUT2D eigenvalue weighted by Gasteiger charge is 2.33. The summed E-state index contributed by atoms with van der Waals surface area (Å²) in [5.41, 5.74) is 10.6. The number of nitrogens with two attached hydrogens (primary N) is 1. The minimum Gasteiger partial charge on any atom is -0.445 e. The molecule has 4 N–H and O–H groups in total. The Hall–Kier alpha value is -3.52. The lowest BCUT2D eigenvalue weighted by Crippen LogP contribution is -2.39. The summed E-state index contributed by atoms with van der Waals surface area (Å²) in [4.78, 5) is 25.7. The third-order valence-corrected chi connectivity index (χ3v) is 6.80. The van der Waals surface area contributed by atoms with Crippen LogP contribution in [0.5, 0.6) is 0 Å². The first-order valence-corrected chi connectivity index (χ1v) is 11.8. The number of halogens is 1. The van der Waals surface area contributed by atoms with Crippen LogP contribution in [0.3, 0.4) is 0 Å². The van der Waals surface area contributed by atoms with Gasteiger partial charge in [-0.25, -0.2) is 4.79 Å². The molecule has 34 heavy (non-hydrogen) atoms. The van der Waals surface area contributed by atoms with Crippen LogP contribution in [0.1, 0.15) is 45.9 Å². The lowest BCUT2D eigenvalue weighted by atomic mass is 9.90. The van der Waals surface area contributed by atoms with Crippen molar-refractivity contribution in [3.05, 3.63) is 75.9 Å². The van der Waals surface area contributed by atoms with Crippen LogP contribution in [0.15, 0.2) is 48.5 Å². The van der Waals surface area contributed by atoms with E-state index in [-0.39, 0.29) is 24.5 Å². The van der Waals surface area contributed by atoms with E-state index in [2.05, 4.69) is 15.7 Å². The average molecular weight is 480 g/mol. The molecule has 0 spiro atoms. The van der Waals surface area contributed by atoms with E-state index in [4.69, 9.17) is 22.1 Å². The molecule has 1 aliphatic carbocycles. The van der Waals surface area contributed by atoms with Crippen molar-refractivity contribution >= 4 is 35.1 Å². The summed E-state index contributed by atoms with van der Waals surface area (Å²) in [6.45, 7) is 0.853. The highest BCUT2D eigenvalue weighted by molar-refractivity contribution is 6.33. The molecule has 1 aromatic heterocycles.